The maximum absolute atomic E-state index is 11.3. The van der Waals surface area contributed by atoms with Gasteiger partial charge in [-0.2, -0.15) is 0 Å². The maximum Gasteiger partial charge on any atom is 0.147 e. The van der Waals surface area contributed by atoms with Crippen molar-refractivity contribution in [1.82, 2.24) is 19.8 Å². The lowest BCUT2D eigenvalue weighted by Gasteiger charge is -2.41. The largest absolute Gasteiger partial charge is 0.387 e. The average molecular weight is 412 g/mol. The van der Waals surface area contributed by atoms with Crippen molar-refractivity contribution in [3.05, 3.63) is 54.0 Å². The molecule has 1 atom stereocenters. The van der Waals surface area contributed by atoms with Crippen LogP contribution in [0.1, 0.15) is 24.0 Å². The van der Waals surface area contributed by atoms with Crippen LogP contribution in [0.2, 0.25) is 0 Å². The summed E-state index contributed by atoms with van der Waals surface area (Å²) < 4.78 is 5.45. The fourth-order valence-electron chi connectivity index (χ4n) is 4.61. The number of ether oxygens (including phenoxy) is 1. The van der Waals surface area contributed by atoms with Gasteiger partial charge in [0.2, 0.25) is 0 Å². The summed E-state index contributed by atoms with van der Waals surface area (Å²) in [6.45, 7) is 7.58. The van der Waals surface area contributed by atoms with E-state index in [1.165, 1.54) is 11.1 Å². The van der Waals surface area contributed by atoms with Crippen LogP contribution in [-0.4, -0.2) is 83.5 Å². The van der Waals surface area contributed by atoms with Gasteiger partial charge >= 0.3 is 0 Å². The molecular weight excluding hydrogens is 378 g/mol. The van der Waals surface area contributed by atoms with Crippen LogP contribution in [0.5, 0.6) is 0 Å². The van der Waals surface area contributed by atoms with Gasteiger partial charge in [0.1, 0.15) is 5.82 Å². The molecule has 3 heterocycles. The first-order chi connectivity index (χ1) is 14.6. The highest BCUT2D eigenvalue weighted by atomic mass is 16.5. The summed E-state index contributed by atoms with van der Waals surface area (Å²) in [5, 5.41) is 11.3. The molecule has 1 aromatic heterocycles. The van der Waals surface area contributed by atoms with Crippen molar-refractivity contribution < 1.29 is 9.84 Å². The third-order valence-electron chi connectivity index (χ3n) is 5.95. The number of hydrogen-bond acceptors (Lipinski definition) is 7. The summed E-state index contributed by atoms with van der Waals surface area (Å²) in [5.74, 6) is 0.842. The normalized spacial score (nSPS) is 23.1. The Hall–Kier alpha value is -2.06. The van der Waals surface area contributed by atoms with Crippen molar-refractivity contribution in [3.8, 4) is 0 Å². The summed E-state index contributed by atoms with van der Waals surface area (Å²) in [7, 11) is 2.09. The Labute approximate surface area is 179 Å². The van der Waals surface area contributed by atoms with Gasteiger partial charge in [-0.15, -0.1) is 0 Å². The minimum Gasteiger partial charge on any atom is -0.387 e. The number of rotatable bonds is 7. The second-order valence-electron chi connectivity index (χ2n) is 8.69. The summed E-state index contributed by atoms with van der Waals surface area (Å²) in [5.41, 5.74) is 1.89. The van der Waals surface area contributed by atoms with Crippen molar-refractivity contribution >= 4 is 5.82 Å². The summed E-state index contributed by atoms with van der Waals surface area (Å²) in [6.07, 6.45) is 6.93. The molecule has 1 aromatic carbocycles. The molecule has 1 N–H and O–H groups in total. The van der Waals surface area contributed by atoms with Gasteiger partial charge in [-0.25, -0.2) is 4.98 Å². The van der Waals surface area contributed by atoms with Gasteiger partial charge in [-0.3, -0.25) is 14.8 Å². The molecule has 0 saturated carbocycles. The Morgan fingerprint density at radius 3 is 2.80 bits per heavy atom. The smallest absolute Gasteiger partial charge is 0.147 e. The maximum atomic E-state index is 11.3. The van der Waals surface area contributed by atoms with Gasteiger partial charge in [0.15, 0.2) is 0 Å². The highest BCUT2D eigenvalue weighted by Gasteiger charge is 2.34. The molecule has 0 aliphatic carbocycles. The molecule has 2 saturated heterocycles. The minimum atomic E-state index is -0.740. The van der Waals surface area contributed by atoms with E-state index in [1.807, 2.05) is 0 Å². The molecule has 0 bridgehead atoms. The summed E-state index contributed by atoms with van der Waals surface area (Å²) in [6, 6.07) is 8.81. The Morgan fingerprint density at radius 2 is 2.00 bits per heavy atom. The topological polar surface area (TPSA) is 65.0 Å². The Morgan fingerprint density at radius 1 is 1.17 bits per heavy atom. The molecule has 2 fully saturated rings. The number of anilines is 1. The quantitative estimate of drug-likeness (QED) is 0.745. The number of aliphatic hydroxyl groups is 1. The van der Waals surface area contributed by atoms with Gasteiger partial charge in [-0.05, 0) is 31.0 Å². The third kappa shape index (κ3) is 5.76. The first-order valence-corrected chi connectivity index (χ1v) is 10.9. The highest BCUT2D eigenvalue weighted by molar-refractivity contribution is 5.36. The monoisotopic (exact) mass is 411 g/mol. The number of piperidine rings is 1. The molecule has 2 aliphatic heterocycles. The number of likely N-dealkylation sites (N-methyl/N-ethyl adjacent to an activating group) is 1. The van der Waals surface area contributed by atoms with E-state index < -0.39 is 5.60 Å². The van der Waals surface area contributed by atoms with Gasteiger partial charge in [0.25, 0.3) is 0 Å². The van der Waals surface area contributed by atoms with Crippen LogP contribution in [0.25, 0.3) is 0 Å². The average Bonchev–Trinajstić information content (AvgIpc) is 2.75. The molecule has 0 spiro atoms. The molecule has 30 heavy (non-hydrogen) atoms. The van der Waals surface area contributed by atoms with Crippen molar-refractivity contribution in [3.63, 3.8) is 0 Å². The van der Waals surface area contributed by atoms with E-state index in [2.05, 4.69) is 56.0 Å². The molecule has 162 valence electrons. The molecular formula is C23H33N5O2. The highest BCUT2D eigenvalue weighted by Crippen LogP contribution is 2.25. The van der Waals surface area contributed by atoms with Gasteiger partial charge in [0, 0.05) is 58.2 Å². The third-order valence-corrected chi connectivity index (χ3v) is 5.95. The van der Waals surface area contributed by atoms with Crippen LogP contribution < -0.4 is 4.90 Å². The number of β-amino-alcohol motifs (C(OH)–C–C–N with tert-alkyl or cyclic N) is 1. The Kier molecular flexibility index (Phi) is 6.94. The van der Waals surface area contributed by atoms with E-state index >= 15 is 0 Å². The summed E-state index contributed by atoms with van der Waals surface area (Å²) in [4.78, 5) is 15.4. The number of aromatic nitrogens is 2. The number of nitrogens with zero attached hydrogens (tertiary/aromatic N) is 5. The number of morpholine rings is 1. The van der Waals surface area contributed by atoms with Gasteiger partial charge in [0.05, 0.1) is 25.0 Å². The molecule has 0 amide bonds. The molecule has 0 radical (unpaired) electrons. The Bertz CT molecular complexity index is 799. The van der Waals surface area contributed by atoms with E-state index in [9.17, 15) is 5.11 Å². The number of hydrogen-bond donors (Lipinski definition) is 1. The van der Waals surface area contributed by atoms with Crippen LogP contribution in [-0.2, 0) is 17.8 Å². The summed E-state index contributed by atoms with van der Waals surface area (Å²) >= 11 is 0. The van der Waals surface area contributed by atoms with E-state index in [1.54, 1.807) is 18.6 Å². The zero-order valence-electron chi connectivity index (χ0n) is 17.9. The van der Waals surface area contributed by atoms with E-state index in [4.69, 9.17) is 4.74 Å². The lowest BCUT2D eigenvalue weighted by Crippen LogP contribution is -2.54. The van der Waals surface area contributed by atoms with Crippen molar-refractivity contribution in [1.29, 1.82) is 0 Å². The first-order valence-electron chi connectivity index (χ1n) is 10.9. The zero-order chi connectivity index (χ0) is 20.8. The predicted octanol–water partition coefficient (Wildman–Crippen LogP) is 1.77. The molecule has 0 unspecified atom stereocenters. The van der Waals surface area contributed by atoms with Crippen LogP contribution in [0, 0.1) is 0 Å². The molecule has 4 rings (SSSR count). The van der Waals surface area contributed by atoms with Gasteiger partial charge in [-0.1, -0.05) is 24.3 Å². The van der Waals surface area contributed by atoms with Crippen LogP contribution in [0.15, 0.2) is 42.9 Å². The standard InChI is InChI=1S/C23H33N5O2/c1-26(16-20-4-2-5-21(14-20)17-27-10-12-30-13-11-27)18-23(29)6-3-9-28(19-23)22-15-24-7-8-25-22/h2,4-5,7-8,14-15,29H,3,6,9-13,16-19H2,1H3/t23-/m1/s1. The minimum absolute atomic E-state index is 0.590. The van der Waals surface area contributed by atoms with E-state index in [-0.39, 0.29) is 0 Å². The SMILES string of the molecule is CN(Cc1cccc(CN2CCOCC2)c1)C[C@]1(O)CCCN(c2cnccn2)C1. The second kappa shape index (κ2) is 9.83. The second-order valence-corrected chi connectivity index (χ2v) is 8.69. The fourth-order valence-corrected chi connectivity index (χ4v) is 4.61. The van der Waals surface area contributed by atoms with Crippen molar-refractivity contribution in [2.45, 2.75) is 31.5 Å². The Balaban J connectivity index is 1.33. The predicted molar refractivity (Wildman–Crippen MR) is 117 cm³/mol. The zero-order valence-corrected chi connectivity index (χ0v) is 17.9. The van der Waals surface area contributed by atoms with Crippen molar-refractivity contribution in [2.75, 3.05) is 57.9 Å². The van der Waals surface area contributed by atoms with Crippen LogP contribution >= 0.6 is 0 Å². The van der Waals surface area contributed by atoms with E-state index in [0.29, 0.717) is 13.1 Å². The van der Waals surface area contributed by atoms with Crippen LogP contribution in [0.3, 0.4) is 0 Å². The first kappa shape index (κ1) is 21.2. The number of benzene rings is 1. The molecule has 2 aliphatic rings. The lowest BCUT2D eigenvalue weighted by atomic mass is 9.92. The van der Waals surface area contributed by atoms with Crippen LogP contribution in [0.4, 0.5) is 5.82 Å². The molecule has 2 aromatic rings. The van der Waals surface area contributed by atoms with Crippen molar-refractivity contribution in [2.24, 2.45) is 0 Å². The van der Waals surface area contributed by atoms with E-state index in [0.717, 1.165) is 64.6 Å². The molecule has 7 nitrogen and oxygen atoms in total. The lowest BCUT2D eigenvalue weighted by molar-refractivity contribution is -0.00349. The fraction of sp³-hybridized carbons (Fsp3) is 0.565. The molecule has 7 heteroatoms. The van der Waals surface area contributed by atoms with Gasteiger partial charge < -0.3 is 14.7 Å².